The Hall–Kier alpha value is -0.540. The Morgan fingerprint density at radius 1 is 1.33 bits per heavy atom. The molecule has 1 aromatic rings. The van der Waals surface area contributed by atoms with Crippen LogP contribution in [-0.2, 0) is 4.74 Å². The SMILES string of the molecule is Brc1ccccc1OC1COC1. The van der Waals surface area contributed by atoms with Crippen LogP contribution in [0.2, 0.25) is 0 Å². The lowest BCUT2D eigenvalue weighted by molar-refractivity contribution is -0.0799. The molecule has 1 fully saturated rings. The summed E-state index contributed by atoms with van der Waals surface area (Å²) >= 11 is 3.41. The number of hydrogen-bond acceptors (Lipinski definition) is 2. The summed E-state index contributed by atoms with van der Waals surface area (Å²) in [5.74, 6) is 0.894. The van der Waals surface area contributed by atoms with Gasteiger partial charge < -0.3 is 9.47 Å². The van der Waals surface area contributed by atoms with E-state index in [4.69, 9.17) is 9.47 Å². The van der Waals surface area contributed by atoms with Gasteiger partial charge in [0.05, 0.1) is 17.7 Å². The second-order valence-corrected chi connectivity index (χ2v) is 3.56. The molecule has 12 heavy (non-hydrogen) atoms. The first-order valence-corrected chi connectivity index (χ1v) is 4.64. The van der Waals surface area contributed by atoms with E-state index in [2.05, 4.69) is 15.9 Å². The van der Waals surface area contributed by atoms with Crippen molar-refractivity contribution in [2.45, 2.75) is 6.10 Å². The molecule has 0 aliphatic carbocycles. The van der Waals surface area contributed by atoms with Crippen LogP contribution in [0.1, 0.15) is 0 Å². The van der Waals surface area contributed by atoms with Gasteiger partial charge in [-0.1, -0.05) is 12.1 Å². The van der Waals surface area contributed by atoms with Crippen LogP contribution in [0.5, 0.6) is 5.75 Å². The molecule has 2 rings (SSSR count). The van der Waals surface area contributed by atoms with Crippen LogP contribution in [0.4, 0.5) is 0 Å². The van der Waals surface area contributed by atoms with E-state index in [9.17, 15) is 0 Å². The lowest BCUT2D eigenvalue weighted by atomic mass is 10.3. The Morgan fingerprint density at radius 2 is 2.08 bits per heavy atom. The summed E-state index contributed by atoms with van der Waals surface area (Å²) in [5, 5.41) is 0. The van der Waals surface area contributed by atoms with Crippen LogP contribution in [0, 0.1) is 0 Å². The summed E-state index contributed by atoms with van der Waals surface area (Å²) < 4.78 is 11.6. The van der Waals surface area contributed by atoms with Gasteiger partial charge in [0.25, 0.3) is 0 Å². The van der Waals surface area contributed by atoms with Gasteiger partial charge in [-0.3, -0.25) is 0 Å². The quantitative estimate of drug-likeness (QED) is 0.774. The van der Waals surface area contributed by atoms with Crippen LogP contribution in [0.15, 0.2) is 28.7 Å². The van der Waals surface area contributed by atoms with Gasteiger partial charge in [-0.25, -0.2) is 0 Å². The highest BCUT2D eigenvalue weighted by molar-refractivity contribution is 9.10. The van der Waals surface area contributed by atoms with Crippen molar-refractivity contribution in [2.24, 2.45) is 0 Å². The van der Waals surface area contributed by atoms with E-state index in [0.29, 0.717) is 13.2 Å². The molecule has 2 nitrogen and oxygen atoms in total. The maximum atomic E-state index is 5.61. The molecule has 0 aromatic heterocycles. The van der Waals surface area contributed by atoms with Gasteiger partial charge in [-0.05, 0) is 28.1 Å². The zero-order chi connectivity index (χ0) is 8.39. The van der Waals surface area contributed by atoms with Crippen molar-refractivity contribution < 1.29 is 9.47 Å². The van der Waals surface area contributed by atoms with Crippen molar-refractivity contribution in [3.05, 3.63) is 28.7 Å². The average Bonchev–Trinajstić information content (AvgIpc) is 2.00. The van der Waals surface area contributed by atoms with Gasteiger partial charge in [-0.2, -0.15) is 0 Å². The Balaban J connectivity index is 2.06. The molecule has 1 saturated heterocycles. The van der Waals surface area contributed by atoms with Crippen molar-refractivity contribution in [3.63, 3.8) is 0 Å². The minimum Gasteiger partial charge on any atom is -0.484 e. The van der Waals surface area contributed by atoms with E-state index < -0.39 is 0 Å². The predicted octanol–water partition coefficient (Wildman–Crippen LogP) is 2.23. The lowest BCUT2D eigenvalue weighted by Gasteiger charge is -2.27. The first-order valence-electron chi connectivity index (χ1n) is 3.85. The van der Waals surface area contributed by atoms with Crippen molar-refractivity contribution in [2.75, 3.05) is 13.2 Å². The standard InChI is InChI=1S/C9H9BrO2/c10-8-3-1-2-4-9(8)12-7-5-11-6-7/h1-4,7H,5-6H2. The van der Waals surface area contributed by atoms with E-state index in [1.165, 1.54) is 0 Å². The third-order valence-electron chi connectivity index (χ3n) is 1.74. The van der Waals surface area contributed by atoms with Gasteiger partial charge in [0.2, 0.25) is 0 Å². The van der Waals surface area contributed by atoms with Gasteiger partial charge >= 0.3 is 0 Å². The molecule has 0 amide bonds. The van der Waals surface area contributed by atoms with E-state index >= 15 is 0 Å². The molecular formula is C9H9BrO2. The van der Waals surface area contributed by atoms with Crippen LogP contribution >= 0.6 is 15.9 Å². The summed E-state index contributed by atoms with van der Waals surface area (Å²) in [6, 6.07) is 7.84. The summed E-state index contributed by atoms with van der Waals surface area (Å²) in [5.41, 5.74) is 0. The molecule has 0 radical (unpaired) electrons. The second kappa shape index (κ2) is 3.46. The first kappa shape index (κ1) is 8.08. The Labute approximate surface area is 79.6 Å². The summed E-state index contributed by atoms with van der Waals surface area (Å²) in [6.07, 6.45) is 0.240. The maximum absolute atomic E-state index is 5.61. The summed E-state index contributed by atoms with van der Waals surface area (Å²) in [4.78, 5) is 0. The van der Waals surface area contributed by atoms with Crippen molar-refractivity contribution in [3.8, 4) is 5.75 Å². The minimum atomic E-state index is 0.240. The normalized spacial score (nSPS) is 17.1. The van der Waals surface area contributed by atoms with Gasteiger partial charge in [0.1, 0.15) is 11.9 Å². The molecule has 64 valence electrons. The molecule has 1 aliphatic heterocycles. The Kier molecular flexibility index (Phi) is 2.33. The van der Waals surface area contributed by atoms with Gasteiger partial charge in [0.15, 0.2) is 0 Å². The fourth-order valence-electron chi connectivity index (χ4n) is 1.00. The van der Waals surface area contributed by atoms with Crippen molar-refractivity contribution in [1.29, 1.82) is 0 Å². The third kappa shape index (κ3) is 1.62. The summed E-state index contributed by atoms with van der Waals surface area (Å²) in [6.45, 7) is 1.42. The Bertz CT molecular complexity index is 271. The van der Waals surface area contributed by atoms with Crippen LogP contribution in [0.3, 0.4) is 0 Å². The number of ether oxygens (including phenoxy) is 2. The molecule has 1 heterocycles. The average molecular weight is 229 g/mol. The smallest absolute Gasteiger partial charge is 0.145 e. The first-order chi connectivity index (χ1) is 5.86. The lowest BCUT2D eigenvalue weighted by Crippen LogP contribution is -2.38. The second-order valence-electron chi connectivity index (χ2n) is 2.71. The van der Waals surface area contributed by atoms with Crippen LogP contribution < -0.4 is 4.74 Å². The zero-order valence-corrected chi connectivity index (χ0v) is 8.08. The molecule has 0 unspecified atom stereocenters. The molecule has 0 spiro atoms. The van der Waals surface area contributed by atoms with E-state index in [-0.39, 0.29) is 6.10 Å². The highest BCUT2D eigenvalue weighted by Crippen LogP contribution is 2.25. The molecular weight excluding hydrogens is 220 g/mol. The number of benzene rings is 1. The highest BCUT2D eigenvalue weighted by Gasteiger charge is 2.20. The topological polar surface area (TPSA) is 18.5 Å². The number of halogens is 1. The third-order valence-corrected chi connectivity index (χ3v) is 2.39. The van der Waals surface area contributed by atoms with Gasteiger partial charge in [0, 0.05) is 0 Å². The molecule has 1 aromatic carbocycles. The highest BCUT2D eigenvalue weighted by atomic mass is 79.9. The minimum absolute atomic E-state index is 0.240. The molecule has 1 aliphatic rings. The number of rotatable bonds is 2. The molecule has 0 saturated carbocycles. The van der Waals surface area contributed by atoms with Crippen molar-refractivity contribution >= 4 is 15.9 Å². The zero-order valence-electron chi connectivity index (χ0n) is 6.50. The van der Waals surface area contributed by atoms with Crippen LogP contribution in [0.25, 0.3) is 0 Å². The molecule has 0 bridgehead atoms. The molecule has 0 atom stereocenters. The number of para-hydroxylation sites is 1. The van der Waals surface area contributed by atoms with E-state index in [1.54, 1.807) is 0 Å². The van der Waals surface area contributed by atoms with Gasteiger partial charge in [-0.15, -0.1) is 0 Å². The monoisotopic (exact) mass is 228 g/mol. The molecule has 3 heteroatoms. The molecule has 0 N–H and O–H groups in total. The number of hydrogen-bond donors (Lipinski definition) is 0. The fraction of sp³-hybridized carbons (Fsp3) is 0.333. The van der Waals surface area contributed by atoms with Crippen LogP contribution in [-0.4, -0.2) is 19.3 Å². The predicted molar refractivity (Wildman–Crippen MR) is 49.4 cm³/mol. The summed E-state index contributed by atoms with van der Waals surface area (Å²) in [7, 11) is 0. The van der Waals surface area contributed by atoms with E-state index in [0.717, 1.165) is 10.2 Å². The fourth-order valence-corrected chi connectivity index (χ4v) is 1.38. The maximum Gasteiger partial charge on any atom is 0.145 e. The van der Waals surface area contributed by atoms with E-state index in [1.807, 2.05) is 24.3 Å². The largest absolute Gasteiger partial charge is 0.484 e. The Morgan fingerprint density at radius 3 is 2.67 bits per heavy atom. The van der Waals surface area contributed by atoms with Crippen molar-refractivity contribution in [1.82, 2.24) is 0 Å².